The number of nitrogens with one attached hydrogen (secondary N) is 1. The Morgan fingerprint density at radius 1 is 1.00 bits per heavy atom. The van der Waals surface area contributed by atoms with Crippen molar-refractivity contribution >= 4 is 0 Å². The lowest BCUT2D eigenvalue weighted by Crippen LogP contribution is -2.37. The Kier molecular flexibility index (Phi) is 6.25. The number of aliphatic hydroxyl groups excluding tert-OH is 1. The Morgan fingerprint density at radius 2 is 1.57 bits per heavy atom. The highest BCUT2D eigenvalue weighted by atomic mass is 16.3. The van der Waals surface area contributed by atoms with Gasteiger partial charge < -0.3 is 10.4 Å². The van der Waals surface area contributed by atoms with Gasteiger partial charge in [-0.05, 0) is 42.7 Å². The first-order valence-corrected chi connectivity index (χ1v) is 8.59. The van der Waals surface area contributed by atoms with E-state index in [9.17, 15) is 5.11 Å². The molecule has 1 aliphatic carbocycles. The molecule has 1 saturated carbocycles. The number of rotatable bonds is 6. The van der Waals surface area contributed by atoms with Gasteiger partial charge in [-0.1, -0.05) is 57.4 Å². The summed E-state index contributed by atoms with van der Waals surface area (Å²) in [5.41, 5.74) is 2.34. The molecule has 0 aliphatic heterocycles. The van der Waals surface area contributed by atoms with E-state index in [0.717, 1.165) is 11.5 Å². The fourth-order valence-electron chi connectivity index (χ4n) is 3.32. The van der Waals surface area contributed by atoms with Gasteiger partial charge in [-0.2, -0.15) is 0 Å². The summed E-state index contributed by atoms with van der Waals surface area (Å²) in [5.74, 6) is 1.33. The van der Waals surface area contributed by atoms with E-state index in [0.29, 0.717) is 18.5 Å². The SMILES string of the molecule is CC(C)c1ccc(C(O)CN[C@@H](C)C2CCCCC2)cc1. The van der Waals surface area contributed by atoms with E-state index in [4.69, 9.17) is 0 Å². The molecule has 2 heteroatoms. The zero-order valence-corrected chi connectivity index (χ0v) is 13.8. The monoisotopic (exact) mass is 289 g/mol. The summed E-state index contributed by atoms with van der Waals surface area (Å²) in [4.78, 5) is 0. The van der Waals surface area contributed by atoms with Crippen LogP contribution in [0.5, 0.6) is 0 Å². The molecule has 2 atom stereocenters. The summed E-state index contributed by atoms with van der Waals surface area (Å²) in [5, 5.41) is 13.9. The smallest absolute Gasteiger partial charge is 0.0914 e. The van der Waals surface area contributed by atoms with Crippen LogP contribution in [0.1, 0.15) is 76.0 Å². The van der Waals surface area contributed by atoms with Crippen LogP contribution in [0.25, 0.3) is 0 Å². The summed E-state index contributed by atoms with van der Waals surface area (Å²) < 4.78 is 0. The minimum absolute atomic E-state index is 0.405. The fraction of sp³-hybridized carbons (Fsp3) is 0.684. The summed E-state index contributed by atoms with van der Waals surface area (Å²) in [7, 11) is 0. The summed E-state index contributed by atoms with van der Waals surface area (Å²) in [6, 6.07) is 8.90. The molecular formula is C19H31NO. The van der Waals surface area contributed by atoms with Crippen LogP contribution in [0.2, 0.25) is 0 Å². The largest absolute Gasteiger partial charge is 0.387 e. The van der Waals surface area contributed by atoms with Crippen molar-refractivity contribution < 1.29 is 5.11 Å². The van der Waals surface area contributed by atoms with Gasteiger partial charge in [0.2, 0.25) is 0 Å². The van der Waals surface area contributed by atoms with Gasteiger partial charge in [0.15, 0.2) is 0 Å². The first-order valence-electron chi connectivity index (χ1n) is 8.59. The molecule has 2 N–H and O–H groups in total. The number of hydrogen-bond acceptors (Lipinski definition) is 2. The molecule has 1 unspecified atom stereocenters. The van der Waals surface area contributed by atoms with Gasteiger partial charge in [0, 0.05) is 12.6 Å². The molecule has 0 aromatic heterocycles. The Hall–Kier alpha value is -0.860. The Labute approximate surface area is 130 Å². The first-order chi connectivity index (χ1) is 10.1. The molecule has 0 bridgehead atoms. The maximum atomic E-state index is 10.3. The predicted molar refractivity (Wildman–Crippen MR) is 89.5 cm³/mol. The van der Waals surface area contributed by atoms with Crippen LogP contribution in [0.15, 0.2) is 24.3 Å². The van der Waals surface area contributed by atoms with Crippen LogP contribution in [0.4, 0.5) is 0 Å². The maximum absolute atomic E-state index is 10.3. The normalized spacial score (nSPS) is 19.7. The van der Waals surface area contributed by atoms with Crippen LogP contribution in [-0.4, -0.2) is 17.7 Å². The zero-order valence-electron chi connectivity index (χ0n) is 13.8. The molecule has 2 rings (SSSR count). The van der Waals surface area contributed by atoms with Gasteiger partial charge in [-0.15, -0.1) is 0 Å². The van der Waals surface area contributed by atoms with Crippen molar-refractivity contribution in [1.29, 1.82) is 0 Å². The molecule has 118 valence electrons. The molecule has 1 aromatic carbocycles. The molecule has 21 heavy (non-hydrogen) atoms. The molecule has 2 nitrogen and oxygen atoms in total. The van der Waals surface area contributed by atoms with E-state index in [-0.39, 0.29) is 0 Å². The second-order valence-electron chi connectivity index (χ2n) is 6.93. The summed E-state index contributed by atoms with van der Waals surface area (Å²) >= 11 is 0. The fourth-order valence-corrected chi connectivity index (χ4v) is 3.32. The number of benzene rings is 1. The lowest BCUT2D eigenvalue weighted by Gasteiger charge is -2.29. The number of hydrogen-bond donors (Lipinski definition) is 2. The molecule has 1 fully saturated rings. The van der Waals surface area contributed by atoms with Crippen molar-refractivity contribution in [3.05, 3.63) is 35.4 Å². The Balaban J connectivity index is 1.81. The Bertz CT molecular complexity index is 406. The van der Waals surface area contributed by atoms with E-state index in [1.165, 1.54) is 37.7 Å². The highest BCUT2D eigenvalue weighted by Gasteiger charge is 2.20. The average molecular weight is 289 g/mol. The minimum atomic E-state index is -0.405. The first kappa shape index (κ1) is 16.5. The van der Waals surface area contributed by atoms with E-state index in [2.05, 4.69) is 50.4 Å². The molecule has 0 heterocycles. The lowest BCUT2D eigenvalue weighted by atomic mass is 9.84. The molecule has 1 aliphatic rings. The molecule has 0 spiro atoms. The van der Waals surface area contributed by atoms with Gasteiger partial charge in [-0.3, -0.25) is 0 Å². The van der Waals surface area contributed by atoms with Crippen molar-refractivity contribution in [2.24, 2.45) is 5.92 Å². The highest BCUT2D eigenvalue weighted by molar-refractivity contribution is 5.26. The van der Waals surface area contributed by atoms with E-state index in [1.54, 1.807) is 0 Å². The molecule has 0 saturated heterocycles. The Morgan fingerprint density at radius 3 is 2.14 bits per heavy atom. The van der Waals surface area contributed by atoms with Crippen LogP contribution < -0.4 is 5.32 Å². The van der Waals surface area contributed by atoms with Crippen LogP contribution in [0, 0.1) is 5.92 Å². The molecule has 0 radical (unpaired) electrons. The quantitative estimate of drug-likeness (QED) is 0.813. The van der Waals surface area contributed by atoms with Crippen molar-refractivity contribution in [2.75, 3.05) is 6.54 Å². The predicted octanol–water partition coefficient (Wildman–Crippen LogP) is 4.40. The molecular weight excluding hydrogens is 258 g/mol. The third kappa shape index (κ3) is 4.82. The van der Waals surface area contributed by atoms with Crippen molar-refractivity contribution in [3.63, 3.8) is 0 Å². The lowest BCUT2D eigenvalue weighted by molar-refractivity contribution is 0.161. The topological polar surface area (TPSA) is 32.3 Å². The third-order valence-corrected chi connectivity index (χ3v) is 4.98. The van der Waals surface area contributed by atoms with Gasteiger partial charge in [0.05, 0.1) is 6.10 Å². The van der Waals surface area contributed by atoms with Gasteiger partial charge in [0.1, 0.15) is 0 Å². The second-order valence-corrected chi connectivity index (χ2v) is 6.93. The minimum Gasteiger partial charge on any atom is -0.387 e. The maximum Gasteiger partial charge on any atom is 0.0914 e. The number of aliphatic hydroxyl groups is 1. The van der Waals surface area contributed by atoms with E-state index >= 15 is 0 Å². The third-order valence-electron chi connectivity index (χ3n) is 4.98. The average Bonchev–Trinajstić information content (AvgIpc) is 2.53. The van der Waals surface area contributed by atoms with Crippen LogP contribution in [0.3, 0.4) is 0 Å². The van der Waals surface area contributed by atoms with Gasteiger partial charge in [0.25, 0.3) is 0 Å². The second kappa shape index (κ2) is 7.95. The molecule has 0 amide bonds. The standard InChI is InChI=1S/C19H31NO/c1-14(2)16-9-11-18(12-10-16)19(21)13-20-15(3)17-7-5-4-6-8-17/h9-12,14-15,17,19-21H,4-8,13H2,1-3H3/t15-,19?/m0/s1. The van der Waals surface area contributed by atoms with Gasteiger partial charge >= 0.3 is 0 Å². The summed E-state index contributed by atoms with van der Waals surface area (Å²) in [6.45, 7) is 7.31. The molecule has 1 aromatic rings. The van der Waals surface area contributed by atoms with Crippen molar-refractivity contribution in [2.45, 2.75) is 70.9 Å². The van der Waals surface area contributed by atoms with E-state index < -0.39 is 6.10 Å². The summed E-state index contributed by atoms with van der Waals surface area (Å²) in [6.07, 6.45) is 6.41. The van der Waals surface area contributed by atoms with E-state index in [1.807, 2.05) is 0 Å². The van der Waals surface area contributed by atoms with Crippen molar-refractivity contribution in [3.8, 4) is 0 Å². The van der Waals surface area contributed by atoms with Crippen LogP contribution >= 0.6 is 0 Å². The van der Waals surface area contributed by atoms with Crippen LogP contribution in [-0.2, 0) is 0 Å². The zero-order chi connectivity index (χ0) is 15.2. The van der Waals surface area contributed by atoms with Gasteiger partial charge in [-0.25, -0.2) is 0 Å². The highest BCUT2D eigenvalue weighted by Crippen LogP contribution is 2.26. The van der Waals surface area contributed by atoms with Crippen molar-refractivity contribution in [1.82, 2.24) is 5.32 Å².